The first-order chi connectivity index (χ1) is 23.8. The van der Waals surface area contributed by atoms with Gasteiger partial charge < -0.3 is 0 Å². The van der Waals surface area contributed by atoms with E-state index in [2.05, 4.69) is 121 Å². The van der Waals surface area contributed by atoms with E-state index in [-0.39, 0.29) is 40.7 Å². The number of benzene rings is 4. The van der Waals surface area contributed by atoms with Crippen LogP contribution in [0.25, 0.3) is 0 Å². The number of halogens is 2. The first-order valence-electron chi connectivity index (χ1n) is 19.6. The van der Waals surface area contributed by atoms with Crippen LogP contribution in [0, 0.1) is 0 Å². The summed E-state index contributed by atoms with van der Waals surface area (Å²) in [6.45, 7) is -7.56. The summed E-state index contributed by atoms with van der Waals surface area (Å²) >= 11 is 1.18. The second-order valence-electron chi connectivity index (χ2n) is 25.3. The Morgan fingerprint density at radius 1 is 0.353 bits per heavy atom. The first-order valence-corrected chi connectivity index (χ1v) is 36.2. The molecule has 10 atom stereocenters. The van der Waals surface area contributed by atoms with Gasteiger partial charge in [0.2, 0.25) is 0 Å². The molecule has 20 saturated heterocycles. The molecule has 7 heteroatoms. The standard InChI is InChI=1S/2C17H13P.2C5H5.2ClH.2Fe.Pd/c2*1-3-9-15(10-4-1)18(17-13-7-8-14-17)16-11-5-2-6-12-16;2*1-2-4-5-3-1;;;;;/h2*1-13H;2*1-5H;2*1H;;;. The van der Waals surface area contributed by atoms with E-state index in [0.717, 1.165) is 13.7 Å². The van der Waals surface area contributed by atoms with Gasteiger partial charge in [-0.1, -0.05) is 0 Å². The van der Waals surface area contributed by atoms with E-state index in [0.29, 0.717) is 0 Å². The van der Waals surface area contributed by atoms with Gasteiger partial charge in [-0.3, -0.25) is 0 Å². The third-order valence-corrected chi connectivity index (χ3v) is 150. The fourth-order valence-corrected chi connectivity index (χ4v) is 252. The van der Waals surface area contributed by atoms with Crippen LogP contribution in [-0.4, -0.2) is 8.11 Å². The Bertz CT molecular complexity index is 3150. The topological polar surface area (TPSA) is 0 Å². The van der Waals surface area contributed by atoms with Gasteiger partial charge in [-0.15, -0.1) is 24.8 Å². The van der Waals surface area contributed by atoms with Crippen molar-refractivity contribution in [3.8, 4) is 0 Å². The van der Waals surface area contributed by atoms with Crippen molar-refractivity contribution in [1.82, 2.24) is 0 Å². The molecule has 20 aliphatic rings. The van der Waals surface area contributed by atoms with Crippen LogP contribution in [0.15, 0.2) is 121 Å². The zero-order valence-corrected chi connectivity index (χ0v) is 34.7. The number of hydrogen-bond acceptors (Lipinski definition) is 0. The Morgan fingerprint density at radius 2 is 0.608 bits per heavy atom. The van der Waals surface area contributed by atoms with E-state index in [1.165, 1.54) is 95.0 Å². The zero-order chi connectivity index (χ0) is 30.2. The molecule has 0 aromatic heterocycles. The van der Waals surface area contributed by atoms with Crippen LogP contribution < -0.4 is 21.2 Å². The summed E-state index contributed by atoms with van der Waals surface area (Å²) in [6.07, 6.45) is 0. The summed E-state index contributed by atoms with van der Waals surface area (Å²) in [5, 5.41) is 7.33. The van der Waals surface area contributed by atoms with E-state index < -0.39 is 13.0 Å². The van der Waals surface area contributed by atoms with Gasteiger partial charge >= 0.3 is 280 Å². The van der Waals surface area contributed by atoms with Crippen LogP contribution in [0.4, 0.5) is 0 Å². The molecule has 0 saturated carbocycles. The monoisotopic (exact) mass is 916 g/mol. The van der Waals surface area contributed by atoms with E-state index in [9.17, 15) is 0 Å². The predicted molar refractivity (Wildman–Crippen MR) is 203 cm³/mol. The molecule has 0 amide bonds. The molecule has 20 heterocycles. The second-order valence-corrected chi connectivity index (χ2v) is 81.4. The molecule has 4 aromatic rings. The van der Waals surface area contributed by atoms with Gasteiger partial charge in [0.1, 0.15) is 0 Å². The molecule has 20 fully saturated rings. The SMILES string of the molecule is Cl.Cl.c1ccc(P(c2ccccc2)[C]23[CH]4[CH]5[CH]6[C]2([Pd][C]27[CH]8[CH]9[CH]%10[C]2(P(c2ccccc2)c2ccccc2)[Fe]98%1072%11%12%13[CH]7[CH]2[CH]%11[CH]%12[CH]7%13)[Fe]56432789[CH]3[CH]2[CH]7[CH]8[CH]39)cc1. The summed E-state index contributed by atoms with van der Waals surface area (Å²) in [4.78, 5) is 22.5. The molecule has 24 rings (SSSR count). The Kier molecular flexibility index (Phi) is 1.44. The van der Waals surface area contributed by atoms with Crippen LogP contribution in [-0.2, 0) is 31.0 Å². The van der Waals surface area contributed by atoms with Crippen LogP contribution in [0.3, 0.4) is 0 Å². The van der Waals surface area contributed by atoms with E-state index in [1.54, 1.807) is 0 Å². The Hall–Kier alpha value is 0.0213. The zero-order valence-electron chi connectivity index (χ0n) is 27.5. The average Bonchev–Trinajstić information content (AvgIpc) is 4.01. The molecule has 0 radical (unpaired) electrons. The normalized spacial score (nSPS) is 86.2. The van der Waals surface area contributed by atoms with Gasteiger partial charge in [-0.25, -0.2) is 0 Å². The minimum absolute atomic E-state index is 0. The van der Waals surface area contributed by atoms with E-state index >= 15 is 0 Å². The summed E-state index contributed by atoms with van der Waals surface area (Å²) in [5.74, 6) is 0. The van der Waals surface area contributed by atoms with Crippen LogP contribution in [0.5, 0.6) is 0 Å². The van der Waals surface area contributed by atoms with Crippen molar-refractivity contribution in [3.63, 3.8) is 0 Å². The maximum absolute atomic E-state index is 3.78. The average molecular weight is 918 g/mol. The Labute approximate surface area is 301 Å². The molecule has 51 heavy (non-hydrogen) atoms. The van der Waals surface area contributed by atoms with E-state index in [4.69, 9.17) is 0 Å². The number of hydrogen-bond donors (Lipinski definition) is 0. The minimum atomic E-state index is -3.78. The van der Waals surface area contributed by atoms with Crippen molar-refractivity contribution >= 4 is 61.9 Å². The Balaban J connectivity index is 0.00000113. The van der Waals surface area contributed by atoms with Crippen molar-refractivity contribution in [2.24, 2.45) is 0 Å². The van der Waals surface area contributed by atoms with Crippen molar-refractivity contribution in [2.45, 2.75) is 90.7 Å². The molecule has 2 spiro atoms. The third kappa shape index (κ3) is 0.427. The van der Waals surface area contributed by atoms with Crippen molar-refractivity contribution in [3.05, 3.63) is 121 Å². The van der Waals surface area contributed by atoms with Gasteiger partial charge in [0, 0.05) is 0 Å². The van der Waals surface area contributed by atoms with Gasteiger partial charge in [-0.05, 0) is 0 Å². The quantitative estimate of drug-likeness (QED) is 0.122. The van der Waals surface area contributed by atoms with Crippen LogP contribution >= 0.6 is 40.7 Å². The summed E-state index contributed by atoms with van der Waals surface area (Å²) in [6, 6.07) is 50.2. The number of fused-ring (bicyclic) bond motifs is 20. The molecular formula is C44H38Cl2Fe2P2Pd. The molecule has 10 unspecified atom stereocenters. The molecule has 20 aliphatic heterocycles. The molecule has 4 aromatic carbocycles. The van der Waals surface area contributed by atoms with Crippen molar-refractivity contribution < 1.29 is 31.0 Å². The summed E-state index contributed by atoms with van der Waals surface area (Å²) < 4.78 is 3.83. The third-order valence-electron chi connectivity index (χ3n) is 34.0. The predicted octanol–water partition coefficient (Wildman–Crippen LogP) is 11.4. The van der Waals surface area contributed by atoms with Crippen LogP contribution in [0.2, 0.25) is 82.6 Å². The molecule has 0 bridgehead atoms. The fraction of sp³-hybridized carbons (Fsp3) is 0.455. The summed E-state index contributed by atoms with van der Waals surface area (Å²) in [5.41, 5.74) is 0. The van der Waals surface area contributed by atoms with Crippen molar-refractivity contribution in [1.29, 1.82) is 0 Å². The molecule has 264 valence electrons. The Morgan fingerprint density at radius 3 is 0.824 bits per heavy atom. The number of rotatable bonds is 8. The maximum atomic E-state index is 2.67. The fourth-order valence-electron chi connectivity index (χ4n) is 37.2. The van der Waals surface area contributed by atoms with E-state index in [1.807, 2.05) is 21.2 Å². The molecule has 0 nitrogen and oxygen atoms in total. The first kappa shape index (κ1) is 24.6. The molecular weight excluding hydrogens is 879 g/mol. The van der Waals surface area contributed by atoms with Crippen molar-refractivity contribution in [2.75, 3.05) is 0 Å². The molecule has 0 aliphatic carbocycles. The second kappa shape index (κ2) is 2.97. The van der Waals surface area contributed by atoms with Crippen LogP contribution in [0.1, 0.15) is 0 Å². The van der Waals surface area contributed by atoms with Gasteiger partial charge in [0.05, 0.1) is 0 Å². The van der Waals surface area contributed by atoms with Gasteiger partial charge in [0.15, 0.2) is 0 Å². The molecule has 0 N–H and O–H groups in total. The van der Waals surface area contributed by atoms with Gasteiger partial charge in [-0.2, -0.15) is 0 Å². The summed E-state index contributed by atoms with van der Waals surface area (Å²) in [7, 11) is -0.449. The van der Waals surface area contributed by atoms with Gasteiger partial charge in [0.25, 0.3) is 0 Å².